The SMILES string of the molecule is Nc1cnc2ccccc2c1NCC1(O)CCN(C(=O)O)CC1. The fourth-order valence-electron chi connectivity index (χ4n) is 2.90. The van der Waals surface area contributed by atoms with Crippen molar-refractivity contribution in [1.82, 2.24) is 9.88 Å². The number of hydrogen-bond acceptors (Lipinski definition) is 5. The van der Waals surface area contributed by atoms with E-state index in [0.717, 1.165) is 16.6 Å². The minimum atomic E-state index is -0.942. The van der Waals surface area contributed by atoms with Crippen molar-refractivity contribution in [3.8, 4) is 0 Å². The molecule has 7 heteroatoms. The van der Waals surface area contributed by atoms with E-state index in [1.54, 1.807) is 6.20 Å². The molecular weight excluding hydrogens is 296 g/mol. The third-order valence-electron chi connectivity index (χ3n) is 4.36. The number of hydrogen-bond donors (Lipinski definition) is 4. The lowest BCUT2D eigenvalue weighted by atomic mass is 9.91. The standard InChI is InChI=1S/C16H20N4O3/c17-12-9-18-13-4-2-1-3-11(13)14(12)19-10-16(23)5-7-20(8-6-16)15(21)22/h1-4,9,23H,5-8,10,17H2,(H,18,19)(H,21,22). The second-order valence-corrected chi connectivity index (χ2v) is 5.95. The van der Waals surface area contributed by atoms with Crippen LogP contribution in [0.1, 0.15) is 12.8 Å². The van der Waals surface area contributed by atoms with Crippen molar-refractivity contribution in [2.45, 2.75) is 18.4 Å². The first-order chi connectivity index (χ1) is 11.0. The maximum atomic E-state index is 10.9. The van der Waals surface area contributed by atoms with E-state index in [2.05, 4.69) is 10.3 Å². The molecule has 0 spiro atoms. The Morgan fingerprint density at radius 1 is 1.35 bits per heavy atom. The van der Waals surface area contributed by atoms with Gasteiger partial charge in [0.1, 0.15) is 0 Å². The Bertz CT molecular complexity index is 726. The van der Waals surface area contributed by atoms with Gasteiger partial charge in [0.2, 0.25) is 0 Å². The van der Waals surface area contributed by atoms with Gasteiger partial charge in [0, 0.05) is 25.0 Å². The predicted molar refractivity (Wildman–Crippen MR) is 88.4 cm³/mol. The van der Waals surface area contributed by atoms with E-state index >= 15 is 0 Å². The van der Waals surface area contributed by atoms with Crippen LogP contribution in [-0.4, -0.2) is 51.4 Å². The van der Waals surface area contributed by atoms with Gasteiger partial charge in [-0.2, -0.15) is 0 Å². The Morgan fingerprint density at radius 2 is 2.04 bits per heavy atom. The zero-order valence-electron chi connectivity index (χ0n) is 12.7. The number of nitrogens with zero attached hydrogens (tertiary/aromatic N) is 2. The second kappa shape index (κ2) is 5.92. The number of likely N-dealkylation sites (tertiary alicyclic amines) is 1. The summed E-state index contributed by atoms with van der Waals surface area (Å²) in [6.45, 7) is 0.985. The Kier molecular flexibility index (Phi) is 3.96. The molecule has 0 unspecified atom stereocenters. The summed E-state index contributed by atoms with van der Waals surface area (Å²) >= 11 is 0. The first-order valence-corrected chi connectivity index (χ1v) is 7.56. The van der Waals surface area contributed by atoms with Crippen LogP contribution in [0.3, 0.4) is 0 Å². The van der Waals surface area contributed by atoms with E-state index in [1.807, 2.05) is 24.3 Å². The van der Waals surface area contributed by atoms with E-state index in [1.165, 1.54) is 4.90 Å². The molecule has 1 amide bonds. The summed E-state index contributed by atoms with van der Waals surface area (Å²) < 4.78 is 0. The lowest BCUT2D eigenvalue weighted by molar-refractivity contribution is -0.00584. The van der Waals surface area contributed by atoms with E-state index in [9.17, 15) is 9.90 Å². The maximum absolute atomic E-state index is 10.9. The van der Waals surface area contributed by atoms with Gasteiger partial charge < -0.3 is 26.2 Å². The number of carbonyl (C=O) groups is 1. The molecule has 2 heterocycles. The van der Waals surface area contributed by atoms with Gasteiger partial charge in [-0.1, -0.05) is 18.2 Å². The van der Waals surface area contributed by atoms with Gasteiger partial charge in [0.05, 0.1) is 28.7 Å². The molecule has 0 aliphatic carbocycles. The summed E-state index contributed by atoms with van der Waals surface area (Å²) in [6, 6.07) is 7.65. The highest BCUT2D eigenvalue weighted by Crippen LogP contribution is 2.29. The number of para-hydroxylation sites is 1. The number of fused-ring (bicyclic) bond motifs is 1. The number of nitrogen functional groups attached to an aromatic ring is 1. The fraction of sp³-hybridized carbons (Fsp3) is 0.375. The van der Waals surface area contributed by atoms with Crippen molar-refractivity contribution >= 4 is 28.4 Å². The summed E-state index contributed by atoms with van der Waals surface area (Å²) in [5.74, 6) is 0. The first-order valence-electron chi connectivity index (χ1n) is 7.56. The van der Waals surface area contributed by atoms with Crippen molar-refractivity contribution in [3.05, 3.63) is 30.5 Å². The molecule has 0 atom stereocenters. The van der Waals surface area contributed by atoms with E-state index in [0.29, 0.717) is 38.2 Å². The van der Waals surface area contributed by atoms with Gasteiger partial charge >= 0.3 is 6.09 Å². The fourth-order valence-corrected chi connectivity index (χ4v) is 2.90. The molecule has 0 saturated carbocycles. The topological polar surface area (TPSA) is 112 Å². The van der Waals surface area contributed by atoms with Crippen LogP contribution in [-0.2, 0) is 0 Å². The van der Waals surface area contributed by atoms with Crippen LogP contribution in [0.2, 0.25) is 0 Å². The number of nitrogens with two attached hydrogens (primary N) is 1. The molecule has 3 rings (SSSR count). The molecule has 1 fully saturated rings. The summed E-state index contributed by atoms with van der Waals surface area (Å²) in [5.41, 5.74) is 7.18. The molecule has 1 aliphatic rings. The van der Waals surface area contributed by atoms with Gasteiger partial charge in [-0.3, -0.25) is 4.98 Å². The number of benzene rings is 1. The largest absolute Gasteiger partial charge is 0.465 e. The Labute approximate surface area is 133 Å². The van der Waals surface area contributed by atoms with Crippen LogP contribution in [0.15, 0.2) is 30.5 Å². The van der Waals surface area contributed by atoms with Gasteiger partial charge in [-0.05, 0) is 18.9 Å². The van der Waals surface area contributed by atoms with Gasteiger partial charge in [0.15, 0.2) is 0 Å². The second-order valence-electron chi connectivity index (χ2n) is 5.95. The molecule has 1 aliphatic heterocycles. The third kappa shape index (κ3) is 3.14. The van der Waals surface area contributed by atoms with Crippen molar-refractivity contribution in [3.63, 3.8) is 0 Å². The van der Waals surface area contributed by atoms with Crippen LogP contribution >= 0.6 is 0 Å². The third-order valence-corrected chi connectivity index (χ3v) is 4.36. The van der Waals surface area contributed by atoms with E-state index in [4.69, 9.17) is 10.8 Å². The molecule has 0 radical (unpaired) electrons. The average molecular weight is 316 g/mol. The minimum Gasteiger partial charge on any atom is -0.465 e. The number of rotatable bonds is 3. The number of piperidine rings is 1. The lowest BCUT2D eigenvalue weighted by Crippen LogP contribution is -2.49. The van der Waals surface area contributed by atoms with Crippen LogP contribution in [0.4, 0.5) is 16.2 Å². The van der Waals surface area contributed by atoms with Crippen LogP contribution in [0.25, 0.3) is 10.9 Å². The number of nitrogens with one attached hydrogen (secondary N) is 1. The molecule has 0 bridgehead atoms. The number of aliphatic hydroxyl groups is 1. The number of amides is 1. The quantitative estimate of drug-likeness (QED) is 0.686. The maximum Gasteiger partial charge on any atom is 0.407 e. The minimum absolute atomic E-state index is 0.318. The zero-order valence-corrected chi connectivity index (χ0v) is 12.7. The summed E-state index contributed by atoms with van der Waals surface area (Å²) in [6.07, 6.45) is 1.45. The molecule has 7 nitrogen and oxygen atoms in total. The van der Waals surface area contributed by atoms with E-state index < -0.39 is 11.7 Å². The summed E-state index contributed by atoms with van der Waals surface area (Å²) in [4.78, 5) is 16.5. The summed E-state index contributed by atoms with van der Waals surface area (Å²) in [7, 11) is 0. The van der Waals surface area contributed by atoms with Crippen molar-refractivity contribution in [2.75, 3.05) is 30.7 Å². The van der Waals surface area contributed by atoms with Crippen LogP contribution < -0.4 is 11.1 Å². The molecule has 1 aromatic heterocycles. The summed E-state index contributed by atoms with van der Waals surface area (Å²) in [5, 5.41) is 23.8. The van der Waals surface area contributed by atoms with Crippen molar-refractivity contribution in [1.29, 1.82) is 0 Å². The van der Waals surface area contributed by atoms with Crippen molar-refractivity contribution in [2.24, 2.45) is 0 Å². The highest BCUT2D eigenvalue weighted by atomic mass is 16.4. The smallest absolute Gasteiger partial charge is 0.407 e. The van der Waals surface area contributed by atoms with Crippen LogP contribution in [0.5, 0.6) is 0 Å². The number of pyridine rings is 1. The number of carboxylic acid groups (broad SMARTS) is 1. The normalized spacial score (nSPS) is 17.2. The van der Waals surface area contributed by atoms with Gasteiger partial charge in [-0.25, -0.2) is 4.79 Å². The predicted octanol–water partition coefficient (Wildman–Crippen LogP) is 1.73. The molecular formula is C16H20N4O3. The molecule has 2 aromatic rings. The zero-order chi connectivity index (χ0) is 16.4. The van der Waals surface area contributed by atoms with Gasteiger partial charge in [0.25, 0.3) is 0 Å². The Balaban J connectivity index is 1.74. The van der Waals surface area contributed by atoms with Crippen molar-refractivity contribution < 1.29 is 15.0 Å². The molecule has 1 aromatic carbocycles. The number of aromatic nitrogens is 1. The first kappa shape index (κ1) is 15.4. The average Bonchev–Trinajstić information content (AvgIpc) is 2.54. The van der Waals surface area contributed by atoms with E-state index in [-0.39, 0.29) is 0 Å². The Hall–Kier alpha value is -2.54. The molecule has 5 N–H and O–H groups in total. The van der Waals surface area contributed by atoms with Crippen LogP contribution in [0, 0.1) is 0 Å². The lowest BCUT2D eigenvalue weighted by Gasteiger charge is -2.37. The molecule has 122 valence electrons. The van der Waals surface area contributed by atoms with Gasteiger partial charge in [-0.15, -0.1) is 0 Å². The number of anilines is 2. The monoisotopic (exact) mass is 316 g/mol. The highest BCUT2D eigenvalue weighted by Gasteiger charge is 2.33. The highest BCUT2D eigenvalue weighted by molar-refractivity contribution is 5.96. The molecule has 1 saturated heterocycles. The Morgan fingerprint density at radius 3 is 2.74 bits per heavy atom. The molecule has 23 heavy (non-hydrogen) atoms.